The summed E-state index contributed by atoms with van der Waals surface area (Å²) in [6, 6.07) is 110. The fourth-order valence-corrected chi connectivity index (χ4v) is 20.9. The summed E-state index contributed by atoms with van der Waals surface area (Å²) >= 11 is 0. The number of hydrogen-bond donors (Lipinski definition) is 0. The molecule has 2 aliphatic carbocycles. The first-order chi connectivity index (χ1) is 60.6. The number of aryl methyl sites for hydroxylation is 2. The van der Waals surface area contributed by atoms with Gasteiger partial charge in [-0.25, -0.2) is 0 Å². The highest BCUT2D eigenvalue weighted by Gasteiger charge is 2.35. The molecular formula is C122H142N4. The lowest BCUT2D eigenvalue weighted by atomic mass is 9.70. The van der Waals surface area contributed by atoms with E-state index in [0.29, 0.717) is 35.5 Å². The molecule has 0 spiro atoms. The van der Waals surface area contributed by atoms with Gasteiger partial charge >= 0.3 is 0 Å². The zero-order chi connectivity index (χ0) is 88.3. The van der Waals surface area contributed by atoms with Gasteiger partial charge in [-0.1, -0.05) is 347 Å². The van der Waals surface area contributed by atoms with Crippen molar-refractivity contribution >= 4 is 111 Å². The molecule has 0 amide bonds. The first-order valence-corrected chi connectivity index (χ1v) is 48.6. The highest BCUT2D eigenvalue weighted by Crippen LogP contribution is 2.57. The van der Waals surface area contributed by atoms with E-state index in [0.717, 1.165) is 35.6 Å². The number of rotatable bonds is 27. The van der Waals surface area contributed by atoms with Gasteiger partial charge in [0.2, 0.25) is 0 Å². The molecule has 14 aromatic rings. The van der Waals surface area contributed by atoms with Crippen LogP contribution in [0, 0.1) is 11.8 Å². The first-order valence-electron chi connectivity index (χ1n) is 48.6. The Hall–Kier alpha value is -10.7. The fourth-order valence-electron chi connectivity index (χ4n) is 20.9. The summed E-state index contributed by atoms with van der Waals surface area (Å²) < 4.78 is 0. The van der Waals surface area contributed by atoms with Crippen molar-refractivity contribution in [2.24, 2.45) is 11.8 Å². The van der Waals surface area contributed by atoms with Gasteiger partial charge in [0.25, 0.3) is 0 Å². The van der Waals surface area contributed by atoms with Crippen molar-refractivity contribution in [1.29, 1.82) is 0 Å². The zero-order valence-corrected chi connectivity index (χ0v) is 79.5. The number of nitrogens with zero attached hydrogens (tertiary/aromatic N) is 4. The Morgan fingerprint density at radius 3 is 0.929 bits per heavy atom. The van der Waals surface area contributed by atoms with E-state index in [2.05, 4.69) is 423 Å². The minimum atomic E-state index is -0.112. The molecule has 4 heteroatoms. The zero-order valence-electron chi connectivity index (χ0n) is 79.5. The molecule has 3 unspecified atom stereocenters. The van der Waals surface area contributed by atoms with Gasteiger partial charge in [0, 0.05) is 88.6 Å². The SMILES string of the molecule is CCCCCCc1ccc(N(c2ccc(C(C)C)cc2)c2c3ccc(C(C)(C)C)cc3c(N(c3ccc(CCC(CCC)C4CCCC(c5ccc(N(c6ccccc6)c6c7ccc(C(C)(C)C)cc7c(N(c7ccccc7)c7ccc(C8CCCCC8)cc7)c7ccc(C(C)(C)C)cc67)cc5)C4)cc3)c3ccc(C(C)C)cc3)c3ccc(C(C)(C)C)cc23)cc1. The van der Waals surface area contributed by atoms with Crippen molar-refractivity contribution in [1.82, 2.24) is 0 Å². The second kappa shape index (κ2) is 37.7. The van der Waals surface area contributed by atoms with Crippen LogP contribution in [0.5, 0.6) is 0 Å². The lowest BCUT2D eigenvalue weighted by Crippen LogP contribution is -2.23. The topological polar surface area (TPSA) is 13.0 Å². The number of unbranched alkanes of at least 4 members (excludes halogenated alkanes) is 3. The largest absolute Gasteiger partial charge is 0.309 e. The summed E-state index contributed by atoms with van der Waals surface area (Å²) in [4.78, 5) is 10.4. The van der Waals surface area contributed by atoms with E-state index in [1.54, 1.807) is 0 Å². The number of anilines is 12. The van der Waals surface area contributed by atoms with E-state index in [4.69, 9.17) is 0 Å². The molecule has 126 heavy (non-hydrogen) atoms. The van der Waals surface area contributed by atoms with E-state index < -0.39 is 0 Å². The molecule has 2 fully saturated rings. The van der Waals surface area contributed by atoms with Gasteiger partial charge in [0.15, 0.2) is 0 Å². The van der Waals surface area contributed by atoms with Crippen molar-refractivity contribution < 1.29 is 0 Å². The van der Waals surface area contributed by atoms with Crippen LogP contribution in [0.2, 0.25) is 0 Å². The summed E-state index contributed by atoms with van der Waals surface area (Å²) in [7, 11) is 0. The van der Waals surface area contributed by atoms with Crippen LogP contribution in [0.4, 0.5) is 68.2 Å². The Morgan fingerprint density at radius 2 is 0.595 bits per heavy atom. The van der Waals surface area contributed by atoms with Crippen molar-refractivity contribution in [2.75, 3.05) is 19.6 Å². The molecule has 0 aliphatic heterocycles. The van der Waals surface area contributed by atoms with Crippen LogP contribution < -0.4 is 19.6 Å². The average molecular weight is 1660 g/mol. The van der Waals surface area contributed by atoms with E-state index in [9.17, 15) is 0 Å². The molecule has 650 valence electrons. The third kappa shape index (κ3) is 19.1. The quantitative estimate of drug-likeness (QED) is 0.0289. The Labute approximate surface area is 757 Å². The van der Waals surface area contributed by atoms with Gasteiger partial charge in [-0.15, -0.1) is 0 Å². The Bertz CT molecular complexity index is 6020. The molecule has 0 radical (unpaired) electrons. The summed E-state index contributed by atoms with van der Waals surface area (Å²) in [5.41, 5.74) is 27.5. The van der Waals surface area contributed by atoms with Gasteiger partial charge in [0.05, 0.1) is 22.7 Å². The van der Waals surface area contributed by atoms with Crippen LogP contribution in [-0.4, -0.2) is 0 Å². The van der Waals surface area contributed by atoms with Crippen LogP contribution >= 0.6 is 0 Å². The van der Waals surface area contributed by atoms with Crippen molar-refractivity contribution in [3.05, 3.63) is 335 Å². The van der Waals surface area contributed by atoms with Crippen LogP contribution in [-0.2, 0) is 34.5 Å². The molecule has 4 nitrogen and oxygen atoms in total. The van der Waals surface area contributed by atoms with E-state index in [-0.39, 0.29) is 21.7 Å². The molecule has 3 atom stereocenters. The minimum absolute atomic E-state index is 0.0940. The normalized spacial score (nSPS) is 15.3. The smallest absolute Gasteiger partial charge is 0.0620 e. The summed E-state index contributed by atoms with van der Waals surface area (Å²) in [5.74, 6) is 3.21. The number of fused-ring (bicyclic) bond motifs is 4. The molecule has 2 saturated carbocycles. The van der Waals surface area contributed by atoms with Crippen molar-refractivity contribution in [3.8, 4) is 0 Å². The summed E-state index contributed by atoms with van der Waals surface area (Å²) in [6.45, 7) is 42.4. The van der Waals surface area contributed by atoms with E-state index in [1.165, 1.54) is 247 Å². The predicted octanol–water partition coefficient (Wildman–Crippen LogP) is 37.1. The van der Waals surface area contributed by atoms with Crippen LogP contribution in [0.3, 0.4) is 0 Å². The maximum absolute atomic E-state index is 2.62. The lowest BCUT2D eigenvalue weighted by molar-refractivity contribution is 0.206. The van der Waals surface area contributed by atoms with Crippen LogP contribution in [0.15, 0.2) is 279 Å². The van der Waals surface area contributed by atoms with Crippen molar-refractivity contribution in [3.63, 3.8) is 0 Å². The molecular weight excluding hydrogens is 1520 g/mol. The number of benzene rings is 14. The van der Waals surface area contributed by atoms with Gasteiger partial charge in [0.1, 0.15) is 0 Å². The fraction of sp³-hybridized carbons (Fsp3) is 0.377. The molecule has 16 rings (SSSR count). The number of para-hydroxylation sites is 2. The predicted molar refractivity (Wildman–Crippen MR) is 550 cm³/mol. The van der Waals surface area contributed by atoms with Crippen molar-refractivity contribution in [2.45, 2.75) is 286 Å². The third-order valence-electron chi connectivity index (χ3n) is 28.5. The van der Waals surface area contributed by atoms with Gasteiger partial charge in [-0.05, 0) is 285 Å². The second-order valence-electron chi connectivity index (χ2n) is 42.3. The highest BCUT2D eigenvalue weighted by atomic mass is 15.2. The van der Waals surface area contributed by atoms with Gasteiger partial charge in [-0.3, -0.25) is 0 Å². The second-order valence-corrected chi connectivity index (χ2v) is 42.3. The molecule has 14 aromatic carbocycles. The molecule has 0 aromatic heterocycles. The third-order valence-corrected chi connectivity index (χ3v) is 28.5. The molecule has 0 heterocycles. The molecule has 2 aliphatic rings. The maximum atomic E-state index is 2.62. The first kappa shape index (κ1) is 88.7. The van der Waals surface area contributed by atoms with Crippen LogP contribution in [0.1, 0.15) is 307 Å². The monoisotopic (exact) mass is 1660 g/mol. The standard InChI is InChI=1S/C122H142N4/c1-19-21-22-26-35-85-45-62-101(63-46-85)125(103-66-50-87(51-67-103)83(3)4)117-109-76-60-98(122(16,17)18)82-114(109)118(110-77-61-97(81-113(110)117)121(13,14)15)126(104-68-52-88(53-69-104)84(5)6)102-64-47-86(48-65-102)44-49-89(34-20-2)93-38-33-39-94(78-93)92-56-72-106(73-57-92)124(100-42-31-25-32-43-100)116-108-75-59-95(119(7,8)9)79-111(108)115(107-74-58-96(80-112(107)116)120(10,11)12)123(99-40-29-24-30-41-99)105-70-54-91(55-71-105)90-36-27-23-28-37-90/h24-25,29-32,40-43,45-48,50-77,79-84,89-90,93-94H,19-23,26-28,33-39,44,49,78H2,1-18H3. The minimum Gasteiger partial charge on any atom is -0.309 e. The average Bonchev–Trinajstić information content (AvgIpc) is 0.718. The van der Waals surface area contributed by atoms with Gasteiger partial charge < -0.3 is 19.6 Å². The lowest BCUT2D eigenvalue weighted by Gasteiger charge is -2.36. The van der Waals surface area contributed by atoms with Crippen LogP contribution in [0.25, 0.3) is 43.1 Å². The molecule has 0 N–H and O–H groups in total. The maximum Gasteiger partial charge on any atom is 0.0620 e. The molecule has 0 saturated heterocycles. The molecule has 0 bridgehead atoms. The Morgan fingerprint density at radius 1 is 0.278 bits per heavy atom. The Kier molecular flexibility index (Phi) is 26.6. The Balaban J connectivity index is 0.746. The number of hydrogen-bond acceptors (Lipinski definition) is 4. The summed E-state index contributed by atoms with van der Waals surface area (Å²) in [6.07, 6.45) is 22.3. The van der Waals surface area contributed by atoms with E-state index >= 15 is 0 Å². The highest BCUT2D eigenvalue weighted by molar-refractivity contribution is 6.25. The summed E-state index contributed by atoms with van der Waals surface area (Å²) in [5, 5.41) is 9.90. The van der Waals surface area contributed by atoms with Gasteiger partial charge in [-0.2, -0.15) is 0 Å². The van der Waals surface area contributed by atoms with E-state index in [1.807, 2.05) is 0 Å².